The summed E-state index contributed by atoms with van der Waals surface area (Å²) in [6, 6.07) is 7.18. The summed E-state index contributed by atoms with van der Waals surface area (Å²) in [5, 5.41) is 8.07. The maximum Gasteiger partial charge on any atom is 0.313 e. The van der Waals surface area contributed by atoms with E-state index in [1.807, 2.05) is 26.0 Å². The van der Waals surface area contributed by atoms with Crippen LogP contribution in [0.15, 0.2) is 41.2 Å². The third kappa shape index (κ3) is 4.64. The fraction of sp³-hybridized carbons (Fsp3) is 0.318. The van der Waals surface area contributed by atoms with Crippen molar-refractivity contribution in [1.29, 1.82) is 0 Å². The van der Waals surface area contributed by atoms with Crippen LogP contribution in [0.2, 0.25) is 5.02 Å². The molecule has 5 rings (SSSR count). The van der Waals surface area contributed by atoms with Crippen molar-refractivity contribution in [3.8, 4) is 17.1 Å². The molecule has 34 heavy (non-hydrogen) atoms. The molecule has 1 aliphatic rings. The van der Waals surface area contributed by atoms with Gasteiger partial charge in [0.15, 0.2) is 11.4 Å². The van der Waals surface area contributed by atoms with Crippen molar-refractivity contribution in [2.24, 2.45) is 5.92 Å². The third-order valence-electron chi connectivity index (χ3n) is 5.33. The number of fused-ring (bicyclic) bond motifs is 2. The van der Waals surface area contributed by atoms with Gasteiger partial charge in [-0.3, -0.25) is 9.71 Å². The summed E-state index contributed by atoms with van der Waals surface area (Å²) in [7, 11) is -3.82. The highest BCUT2D eigenvalue weighted by Gasteiger charge is 2.23. The van der Waals surface area contributed by atoms with Crippen LogP contribution in [0.25, 0.3) is 33.0 Å². The van der Waals surface area contributed by atoms with Crippen molar-refractivity contribution >= 4 is 49.4 Å². The number of hydrogen-bond acceptors (Lipinski definition) is 8. The Bertz CT molecular complexity index is 1470. The van der Waals surface area contributed by atoms with Crippen molar-refractivity contribution in [1.82, 2.24) is 25.0 Å². The molecule has 12 heteroatoms. The number of benzene rings is 1. The van der Waals surface area contributed by atoms with Gasteiger partial charge in [0.1, 0.15) is 5.02 Å². The first-order valence-corrected chi connectivity index (χ1v) is 12.7. The number of ether oxygens (including phenoxy) is 1. The zero-order valence-electron chi connectivity index (χ0n) is 18.6. The molecule has 0 saturated carbocycles. The van der Waals surface area contributed by atoms with Gasteiger partial charge in [-0.25, -0.2) is 9.99 Å². The van der Waals surface area contributed by atoms with Gasteiger partial charge in [-0.1, -0.05) is 30.6 Å². The van der Waals surface area contributed by atoms with Crippen LogP contribution in [0.5, 0.6) is 5.88 Å². The molecule has 4 heterocycles. The van der Waals surface area contributed by atoms with E-state index in [9.17, 15) is 8.42 Å². The fourth-order valence-electron chi connectivity index (χ4n) is 3.54. The van der Waals surface area contributed by atoms with E-state index < -0.39 is 10.2 Å². The van der Waals surface area contributed by atoms with Crippen molar-refractivity contribution in [2.75, 3.05) is 24.4 Å². The Kier molecular flexibility index (Phi) is 6.02. The predicted octanol–water partition coefficient (Wildman–Crippen LogP) is 3.99. The number of nitrogens with one attached hydrogen (secondary N) is 2. The largest absolute Gasteiger partial charge is 0.476 e. The Morgan fingerprint density at radius 3 is 2.74 bits per heavy atom. The zero-order valence-corrected chi connectivity index (χ0v) is 20.2. The minimum absolute atomic E-state index is 0.111. The van der Waals surface area contributed by atoms with Crippen molar-refractivity contribution < 1.29 is 17.7 Å². The molecule has 0 spiro atoms. The maximum atomic E-state index is 12.4. The van der Waals surface area contributed by atoms with Gasteiger partial charge in [0, 0.05) is 36.4 Å². The van der Waals surface area contributed by atoms with Crippen molar-refractivity contribution in [3.63, 3.8) is 0 Å². The topological polar surface area (TPSA) is 122 Å². The predicted molar refractivity (Wildman–Crippen MR) is 130 cm³/mol. The van der Waals surface area contributed by atoms with Gasteiger partial charge < -0.3 is 9.26 Å². The number of anilines is 1. The van der Waals surface area contributed by atoms with E-state index in [4.69, 9.17) is 20.9 Å². The Hall–Kier alpha value is -2.99. The fourth-order valence-corrected chi connectivity index (χ4v) is 4.73. The molecule has 1 aliphatic heterocycles. The molecule has 2 N–H and O–H groups in total. The molecule has 178 valence electrons. The van der Waals surface area contributed by atoms with Crippen LogP contribution in [0, 0.1) is 5.92 Å². The van der Waals surface area contributed by atoms with Gasteiger partial charge in [-0.2, -0.15) is 8.42 Å². The van der Waals surface area contributed by atoms with E-state index in [2.05, 4.69) is 24.7 Å². The van der Waals surface area contributed by atoms with E-state index in [-0.39, 0.29) is 5.82 Å². The van der Waals surface area contributed by atoms with Crippen LogP contribution < -0.4 is 14.3 Å². The van der Waals surface area contributed by atoms with Crippen LogP contribution in [-0.2, 0) is 10.2 Å². The smallest absolute Gasteiger partial charge is 0.313 e. The Balaban J connectivity index is 1.48. The lowest BCUT2D eigenvalue weighted by Gasteiger charge is -2.30. The molecule has 1 saturated heterocycles. The molecule has 1 fully saturated rings. The lowest BCUT2D eigenvalue weighted by molar-refractivity contribution is 0.152. The highest BCUT2D eigenvalue weighted by Crippen LogP contribution is 2.35. The summed E-state index contributed by atoms with van der Waals surface area (Å²) in [6.45, 7) is 5.95. The van der Waals surface area contributed by atoms with Crippen LogP contribution in [0.3, 0.4) is 0 Å². The maximum absolute atomic E-state index is 12.4. The lowest BCUT2D eigenvalue weighted by atomic mass is 10.0. The average Bonchev–Trinajstić information content (AvgIpc) is 3.14. The second kappa shape index (κ2) is 8.99. The molecule has 0 unspecified atom stereocenters. The number of halogens is 1. The van der Waals surface area contributed by atoms with Gasteiger partial charge >= 0.3 is 10.2 Å². The van der Waals surface area contributed by atoms with Gasteiger partial charge in [-0.05, 0) is 42.0 Å². The Morgan fingerprint density at radius 2 is 2.03 bits per heavy atom. The average molecular weight is 503 g/mol. The first-order chi connectivity index (χ1) is 16.3. The lowest BCUT2D eigenvalue weighted by Crippen LogP contribution is -2.51. The minimum Gasteiger partial charge on any atom is -0.476 e. The third-order valence-corrected chi connectivity index (χ3v) is 6.56. The van der Waals surface area contributed by atoms with Crippen molar-refractivity contribution in [2.45, 2.75) is 20.3 Å². The molecule has 1 aromatic carbocycles. The highest BCUT2D eigenvalue weighted by molar-refractivity contribution is 7.90. The van der Waals surface area contributed by atoms with Crippen LogP contribution in [-0.4, -0.2) is 48.2 Å². The van der Waals surface area contributed by atoms with Gasteiger partial charge in [0.25, 0.3) is 0 Å². The first kappa shape index (κ1) is 22.8. The van der Waals surface area contributed by atoms with E-state index in [0.29, 0.717) is 58.7 Å². The number of aromatic nitrogens is 3. The molecule has 0 bridgehead atoms. The van der Waals surface area contributed by atoms with Crippen molar-refractivity contribution in [3.05, 3.63) is 41.7 Å². The van der Waals surface area contributed by atoms with E-state index in [0.717, 1.165) is 17.2 Å². The summed E-state index contributed by atoms with van der Waals surface area (Å²) in [6.07, 6.45) is 4.28. The van der Waals surface area contributed by atoms with Gasteiger partial charge in [-0.15, -0.1) is 4.83 Å². The standard InChI is InChI=1S/C22H23ClN6O4S/c1-13(2)12-32-22-18(23)9-15(11-25-22)20-16-10-19-17(8-14(16)4-5-24-20)21(26-33-19)27-34(30,31)28-29-6-3-7-29/h4-5,8-11,13,28H,3,6-7,12H2,1-2H3,(H,26,27). The second-order valence-electron chi connectivity index (χ2n) is 8.51. The second-order valence-corrected chi connectivity index (χ2v) is 10.3. The molecule has 0 radical (unpaired) electrons. The molecule has 0 atom stereocenters. The van der Waals surface area contributed by atoms with Gasteiger partial charge in [0.2, 0.25) is 5.88 Å². The number of rotatable bonds is 8. The summed E-state index contributed by atoms with van der Waals surface area (Å²) in [4.78, 5) is 11.3. The molecule has 4 aromatic rings. The van der Waals surface area contributed by atoms with Crippen LogP contribution in [0.4, 0.5) is 5.82 Å². The molecule has 0 amide bonds. The molecule has 0 aliphatic carbocycles. The molecule has 10 nitrogen and oxygen atoms in total. The molecule has 3 aromatic heterocycles. The first-order valence-electron chi connectivity index (χ1n) is 10.8. The summed E-state index contributed by atoms with van der Waals surface area (Å²) >= 11 is 6.41. The molecular weight excluding hydrogens is 480 g/mol. The Labute approximate surface area is 201 Å². The summed E-state index contributed by atoms with van der Waals surface area (Å²) < 4.78 is 38.3. The van der Waals surface area contributed by atoms with Crippen LogP contribution >= 0.6 is 11.6 Å². The number of hydrazine groups is 1. The van der Waals surface area contributed by atoms with E-state index in [1.165, 1.54) is 0 Å². The number of hydrogen-bond donors (Lipinski definition) is 2. The van der Waals surface area contributed by atoms with Crippen LogP contribution in [0.1, 0.15) is 20.3 Å². The van der Waals surface area contributed by atoms with Gasteiger partial charge in [0.05, 0.1) is 17.7 Å². The minimum atomic E-state index is -3.82. The SMILES string of the molecule is CC(C)COc1ncc(-c2nccc3cc4c(NS(=O)(=O)NN5CCC5)noc4cc23)cc1Cl. The summed E-state index contributed by atoms with van der Waals surface area (Å²) in [5.74, 6) is 0.836. The number of nitrogens with zero attached hydrogens (tertiary/aromatic N) is 4. The Morgan fingerprint density at radius 1 is 1.21 bits per heavy atom. The van der Waals surface area contributed by atoms with E-state index in [1.54, 1.807) is 29.5 Å². The van der Waals surface area contributed by atoms with E-state index >= 15 is 0 Å². The highest BCUT2D eigenvalue weighted by atomic mass is 35.5. The zero-order chi connectivity index (χ0) is 23.9. The summed E-state index contributed by atoms with van der Waals surface area (Å²) in [5.41, 5.74) is 1.78. The molecular formula is C22H23ClN6O4S. The number of pyridine rings is 2. The monoisotopic (exact) mass is 502 g/mol. The normalized spacial score (nSPS) is 14.6. The quantitative estimate of drug-likeness (QED) is 0.371.